The van der Waals surface area contributed by atoms with Gasteiger partial charge in [-0.3, -0.25) is 4.90 Å². The topological polar surface area (TPSA) is 18.5 Å². The highest BCUT2D eigenvalue weighted by atomic mass is 19.4. The average molecular weight is 269 g/mol. The summed E-state index contributed by atoms with van der Waals surface area (Å²) in [4.78, 5) is 4.30. The lowest BCUT2D eigenvalue weighted by atomic mass is 10.2. The molecule has 0 fully saturated rings. The second-order valence-electron chi connectivity index (χ2n) is 5.04. The van der Waals surface area contributed by atoms with Gasteiger partial charge < -0.3 is 10.2 Å². The van der Waals surface area contributed by atoms with Gasteiger partial charge in [-0.25, -0.2) is 0 Å². The van der Waals surface area contributed by atoms with Gasteiger partial charge in [0, 0.05) is 25.2 Å². The van der Waals surface area contributed by atoms with Gasteiger partial charge in [0.05, 0.1) is 6.54 Å². The number of halogens is 3. The molecule has 3 nitrogen and oxygen atoms in total. The van der Waals surface area contributed by atoms with Crippen LogP contribution >= 0.6 is 0 Å². The summed E-state index contributed by atoms with van der Waals surface area (Å²) >= 11 is 0. The first-order valence-corrected chi connectivity index (χ1v) is 6.35. The van der Waals surface area contributed by atoms with Crippen LogP contribution < -0.4 is 5.32 Å². The number of likely N-dealkylation sites (N-methyl/N-ethyl adjacent to an activating group) is 2. The fraction of sp³-hybridized carbons (Fsp3) is 1.00. The van der Waals surface area contributed by atoms with Crippen molar-refractivity contribution in [2.75, 3.05) is 40.3 Å². The Hall–Kier alpha value is -0.330. The monoisotopic (exact) mass is 269 g/mol. The van der Waals surface area contributed by atoms with Gasteiger partial charge >= 0.3 is 6.18 Å². The SMILES string of the molecule is CCN(C(C)CNCC(F)(F)F)C(C)CN(C)C. The van der Waals surface area contributed by atoms with Crippen LogP contribution in [-0.2, 0) is 0 Å². The van der Waals surface area contributed by atoms with Gasteiger partial charge in [0.25, 0.3) is 0 Å². The van der Waals surface area contributed by atoms with Crippen molar-refractivity contribution in [2.45, 2.75) is 39.0 Å². The Labute approximate surface area is 108 Å². The fourth-order valence-electron chi connectivity index (χ4n) is 2.23. The molecule has 0 saturated carbocycles. The fourth-order valence-corrected chi connectivity index (χ4v) is 2.23. The van der Waals surface area contributed by atoms with Crippen molar-refractivity contribution in [3.8, 4) is 0 Å². The van der Waals surface area contributed by atoms with Gasteiger partial charge in [-0.1, -0.05) is 6.92 Å². The molecule has 0 radical (unpaired) electrons. The van der Waals surface area contributed by atoms with E-state index in [1.807, 2.05) is 27.9 Å². The molecule has 0 aromatic rings. The van der Waals surface area contributed by atoms with E-state index in [0.717, 1.165) is 13.1 Å². The molecule has 0 rings (SSSR count). The summed E-state index contributed by atoms with van der Waals surface area (Å²) in [5.41, 5.74) is 0. The molecule has 0 bridgehead atoms. The molecule has 0 aliphatic rings. The summed E-state index contributed by atoms with van der Waals surface area (Å²) in [6.07, 6.45) is -4.13. The third kappa shape index (κ3) is 7.89. The zero-order chi connectivity index (χ0) is 14.3. The molecule has 18 heavy (non-hydrogen) atoms. The van der Waals surface area contributed by atoms with E-state index in [-0.39, 0.29) is 6.04 Å². The molecular formula is C12H26F3N3. The van der Waals surface area contributed by atoms with Crippen LogP contribution in [0.2, 0.25) is 0 Å². The normalized spacial score (nSPS) is 16.3. The lowest BCUT2D eigenvalue weighted by Gasteiger charge is -2.35. The van der Waals surface area contributed by atoms with E-state index in [4.69, 9.17) is 0 Å². The molecule has 0 aromatic carbocycles. The Morgan fingerprint density at radius 1 is 1.11 bits per heavy atom. The highest BCUT2D eigenvalue weighted by Crippen LogP contribution is 2.12. The number of rotatable bonds is 8. The van der Waals surface area contributed by atoms with Crippen LogP contribution in [-0.4, -0.2) is 68.3 Å². The minimum absolute atomic E-state index is 0.0901. The minimum Gasteiger partial charge on any atom is -0.308 e. The first kappa shape index (κ1) is 17.7. The maximum atomic E-state index is 12.0. The Morgan fingerprint density at radius 2 is 1.67 bits per heavy atom. The van der Waals surface area contributed by atoms with Crippen LogP contribution in [0.25, 0.3) is 0 Å². The van der Waals surface area contributed by atoms with Crippen molar-refractivity contribution < 1.29 is 13.2 Å². The number of hydrogen-bond acceptors (Lipinski definition) is 3. The third-order valence-corrected chi connectivity index (χ3v) is 2.89. The van der Waals surface area contributed by atoms with Crippen molar-refractivity contribution in [1.82, 2.24) is 15.1 Å². The van der Waals surface area contributed by atoms with E-state index in [1.165, 1.54) is 0 Å². The van der Waals surface area contributed by atoms with Crippen molar-refractivity contribution in [3.05, 3.63) is 0 Å². The van der Waals surface area contributed by atoms with Gasteiger partial charge in [0.1, 0.15) is 0 Å². The number of alkyl halides is 3. The van der Waals surface area contributed by atoms with Crippen LogP contribution in [0.4, 0.5) is 13.2 Å². The largest absolute Gasteiger partial charge is 0.401 e. The highest BCUT2D eigenvalue weighted by Gasteiger charge is 2.27. The quantitative estimate of drug-likeness (QED) is 0.725. The maximum absolute atomic E-state index is 12.0. The van der Waals surface area contributed by atoms with E-state index in [0.29, 0.717) is 12.6 Å². The molecular weight excluding hydrogens is 243 g/mol. The van der Waals surface area contributed by atoms with Gasteiger partial charge in [-0.05, 0) is 34.5 Å². The molecule has 2 unspecified atom stereocenters. The summed E-state index contributed by atoms with van der Waals surface area (Å²) in [5.74, 6) is 0. The molecule has 2 atom stereocenters. The molecule has 0 saturated heterocycles. The molecule has 0 heterocycles. The summed E-state index contributed by atoms with van der Waals surface area (Å²) in [5, 5.41) is 2.47. The van der Waals surface area contributed by atoms with E-state index in [1.54, 1.807) is 0 Å². The van der Waals surface area contributed by atoms with Crippen molar-refractivity contribution in [2.24, 2.45) is 0 Å². The van der Waals surface area contributed by atoms with Crippen LogP contribution in [0.1, 0.15) is 20.8 Å². The van der Waals surface area contributed by atoms with Crippen molar-refractivity contribution >= 4 is 0 Å². The predicted molar refractivity (Wildman–Crippen MR) is 68.8 cm³/mol. The standard InChI is InChI=1S/C12H26F3N3/c1-6-18(11(3)8-17(4)5)10(2)7-16-9-12(13,14)15/h10-11,16H,6-9H2,1-5H3. The van der Waals surface area contributed by atoms with Gasteiger partial charge in [-0.15, -0.1) is 0 Å². The summed E-state index contributed by atoms with van der Waals surface area (Å²) < 4.78 is 36.1. The lowest BCUT2D eigenvalue weighted by molar-refractivity contribution is -0.125. The zero-order valence-corrected chi connectivity index (χ0v) is 12.0. The van der Waals surface area contributed by atoms with E-state index < -0.39 is 12.7 Å². The Balaban J connectivity index is 4.14. The molecule has 6 heteroatoms. The van der Waals surface area contributed by atoms with E-state index in [2.05, 4.69) is 22.0 Å². The highest BCUT2D eigenvalue weighted by molar-refractivity contribution is 4.76. The van der Waals surface area contributed by atoms with Gasteiger partial charge in [-0.2, -0.15) is 13.2 Å². The van der Waals surface area contributed by atoms with Crippen LogP contribution in [0.3, 0.4) is 0 Å². The van der Waals surface area contributed by atoms with Gasteiger partial charge in [0.15, 0.2) is 0 Å². The molecule has 110 valence electrons. The Bertz CT molecular complexity index is 219. The first-order valence-electron chi connectivity index (χ1n) is 6.35. The summed E-state index contributed by atoms with van der Waals surface area (Å²) in [6, 6.07) is 0.417. The van der Waals surface area contributed by atoms with E-state index >= 15 is 0 Å². The first-order chi connectivity index (χ1) is 8.17. The molecule has 0 aromatic heterocycles. The molecule has 0 amide bonds. The van der Waals surface area contributed by atoms with Gasteiger partial charge in [0.2, 0.25) is 0 Å². The van der Waals surface area contributed by atoms with Crippen LogP contribution in [0.15, 0.2) is 0 Å². The second kappa shape index (κ2) is 7.96. The van der Waals surface area contributed by atoms with Crippen LogP contribution in [0, 0.1) is 0 Å². The average Bonchev–Trinajstić information content (AvgIpc) is 2.15. The van der Waals surface area contributed by atoms with Crippen LogP contribution in [0.5, 0.6) is 0 Å². The lowest BCUT2D eigenvalue weighted by Crippen LogP contribution is -2.49. The molecule has 0 spiro atoms. The predicted octanol–water partition coefficient (Wildman–Crippen LogP) is 1.80. The molecule has 0 aliphatic carbocycles. The number of hydrogen-bond donors (Lipinski definition) is 1. The summed E-state index contributed by atoms with van der Waals surface area (Å²) in [6.45, 7) is 7.26. The maximum Gasteiger partial charge on any atom is 0.401 e. The Kier molecular flexibility index (Phi) is 7.82. The summed E-state index contributed by atoms with van der Waals surface area (Å²) in [7, 11) is 3.99. The number of nitrogens with zero attached hydrogens (tertiary/aromatic N) is 2. The zero-order valence-electron chi connectivity index (χ0n) is 12.0. The van der Waals surface area contributed by atoms with E-state index in [9.17, 15) is 13.2 Å². The van der Waals surface area contributed by atoms with Crippen molar-refractivity contribution in [3.63, 3.8) is 0 Å². The molecule has 1 N–H and O–H groups in total. The minimum atomic E-state index is -4.13. The number of nitrogens with one attached hydrogen (secondary N) is 1. The Morgan fingerprint density at radius 3 is 2.06 bits per heavy atom. The molecule has 0 aliphatic heterocycles. The third-order valence-electron chi connectivity index (χ3n) is 2.89. The van der Waals surface area contributed by atoms with Crippen molar-refractivity contribution in [1.29, 1.82) is 0 Å². The second-order valence-corrected chi connectivity index (χ2v) is 5.04. The smallest absolute Gasteiger partial charge is 0.308 e.